The van der Waals surface area contributed by atoms with Crippen LogP contribution >= 0.6 is 0 Å². The summed E-state index contributed by atoms with van der Waals surface area (Å²) in [5.41, 5.74) is 0. The molecule has 0 saturated heterocycles. The number of carbonyl (C=O) groups excluding carboxylic acids is 4. The van der Waals surface area contributed by atoms with Crippen LogP contribution in [0.15, 0.2) is 0 Å². The fraction of sp³-hybridized carbons (Fsp3) is 0.692. The lowest BCUT2D eigenvalue weighted by atomic mass is 10.8. The van der Waals surface area contributed by atoms with Crippen LogP contribution in [-0.2, 0) is 42.9 Å². The Morgan fingerprint density at radius 2 is 0.773 bits per heavy atom. The van der Waals surface area contributed by atoms with Crippen molar-refractivity contribution in [1.29, 1.82) is 0 Å². The van der Waals surface area contributed by atoms with Gasteiger partial charge in [0.1, 0.15) is 0 Å². The maximum Gasteiger partial charge on any atom is 0.305 e. The third kappa shape index (κ3) is 36.1. The van der Waals surface area contributed by atoms with Gasteiger partial charge in [0.05, 0.1) is 0 Å². The Morgan fingerprint density at radius 1 is 0.545 bits per heavy atom. The molecule has 0 radical (unpaired) electrons. The van der Waals surface area contributed by atoms with Gasteiger partial charge in [-0.2, -0.15) is 0 Å². The Kier molecular flexibility index (Phi) is 24.0. The lowest BCUT2D eigenvalue weighted by Crippen LogP contribution is -2.09. The Bertz CT molecular complexity index is 295. The minimum atomic E-state index is -0.462. The Balaban J connectivity index is -0.000000137. The molecule has 0 amide bonds. The summed E-state index contributed by atoms with van der Waals surface area (Å²) in [6.45, 7) is 4.33. The minimum absolute atomic E-state index is 0. The van der Waals surface area contributed by atoms with Gasteiger partial charge in [0.2, 0.25) is 6.79 Å². The molecule has 9 nitrogen and oxygen atoms in total. The first-order valence-corrected chi connectivity index (χ1v) is 5.37. The second-order valence-electron chi connectivity index (χ2n) is 3.10. The molecular formula is C13H26O9. The molecule has 0 aliphatic heterocycles. The van der Waals surface area contributed by atoms with Crippen molar-refractivity contribution in [3.63, 3.8) is 0 Å². The molecule has 0 aromatic carbocycles. The molecule has 0 heterocycles. The average Bonchev–Trinajstić information content (AvgIpc) is 2.27. The quantitative estimate of drug-likeness (QED) is 0.309. The van der Waals surface area contributed by atoms with Crippen molar-refractivity contribution in [2.75, 3.05) is 20.4 Å². The van der Waals surface area contributed by atoms with E-state index in [2.05, 4.69) is 23.7 Å². The zero-order chi connectivity index (χ0) is 16.0. The molecule has 0 aromatic heterocycles. The van der Waals surface area contributed by atoms with E-state index in [9.17, 15) is 19.2 Å². The highest BCUT2D eigenvalue weighted by Gasteiger charge is 1.94. The van der Waals surface area contributed by atoms with Gasteiger partial charge < -0.3 is 23.7 Å². The lowest BCUT2D eigenvalue weighted by Gasteiger charge is -2.02. The molecule has 0 aliphatic carbocycles. The molecule has 0 aliphatic rings. The van der Waals surface area contributed by atoms with E-state index in [4.69, 9.17) is 0 Å². The van der Waals surface area contributed by atoms with Gasteiger partial charge in [0.25, 0.3) is 0 Å². The summed E-state index contributed by atoms with van der Waals surface area (Å²) in [4.78, 5) is 40.3. The third-order valence-corrected chi connectivity index (χ3v) is 1.22. The first kappa shape index (κ1) is 28.1. The fourth-order valence-corrected chi connectivity index (χ4v) is 0.479. The molecule has 0 saturated carbocycles. The number of hydrogen-bond acceptors (Lipinski definition) is 9. The zero-order valence-corrected chi connectivity index (χ0v) is 11.8. The van der Waals surface area contributed by atoms with Crippen molar-refractivity contribution >= 4 is 23.9 Å². The van der Waals surface area contributed by atoms with Gasteiger partial charge in [-0.3, -0.25) is 19.2 Å². The van der Waals surface area contributed by atoms with Crippen LogP contribution in [0.2, 0.25) is 0 Å². The summed E-state index contributed by atoms with van der Waals surface area (Å²) in [5.74, 6) is -1.80. The fourth-order valence-electron chi connectivity index (χ4n) is 0.479. The maximum absolute atomic E-state index is 10.1. The average molecular weight is 326 g/mol. The first-order chi connectivity index (χ1) is 9.25. The van der Waals surface area contributed by atoms with Crippen LogP contribution in [0.25, 0.3) is 0 Å². The van der Waals surface area contributed by atoms with Crippen LogP contribution < -0.4 is 0 Å². The van der Waals surface area contributed by atoms with Crippen molar-refractivity contribution < 1.29 is 42.9 Å². The van der Waals surface area contributed by atoms with E-state index >= 15 is 0 Å². The Hall–Kier alpha value is -2.16. The number of carbonyl (C=O) groups is 4. The monoisotopic (exact) mass is 326 g/mol. The van der Waals surface area contributed by atoms with Gasteiger partial charge in [0.15, 0.2) is 13.6 Å². The molecule has 0 aromatic rings. The normalized spacial score (nSPS) is 7.82. The molecule has 0 atom stereocenters. The van der Waals surface area contributed by atoms with Crippen molar-refractivity contribution in [2.24, 2.45) is 0 Å². The van der Waals surface area contributed by atoms with Crippen LogP contribution in [0.1, 0.15) is 42.5 Å². The second-order valence-corrected chi connectivity index (χ2v) is 3.10. The van der Waals surface area contributed by atoms with E-state index in [0.29, 0.717) is 0 Å². The summed E-state index contributed by atoms with van der Waals surface area (Å²) in [6, 6.07) is 0. The zero-order valence-electron chi connectivity index (χ0n) is 11.8. The summed E-state index contributed by atoms with van der Waals surface area (Å²) in [7, 11) is 0. The summed E-state index contributed by atoms with van der Waals surface area (Å²) >= 11 is 0. The third-order valence-electron chi connectivity index (χ3n) is 1.22. The van der Waals surface area contributed by atoms with Crippen LogP contribution in [0.3, 0.4) is 0 Å². The van der Waals surface area contributed by atoms with Gasteiger partial charge >= 0.3 is 23.9 Å². The highest BCUT2D eigenvalue weighted by molar-refractivity contribution is 5.67. The van der Waals surface area contributed by atoms with Crippen molar-refractivity contribution in [1.82, 2.24) is 0 Å². The van der Waals surface area contributed by atoms with Crippen molar-refractivity contribution in [3.05, 3.63) is 0 Å². The number of ether oxygens (including phenoxy) is 5. The van der Waals surface area contributed by atoms with E-state index in [1.54, 1.807) is 0 Å². The molecule has 0 rings (SSSR count). The van der Waals surface area contributed by atoms with Gasteiger partial charge in [-0.25, -0.2) is 0 Å². The molecule has 9 heteroatoms. The largest absolute Gasteiger partial charge is 0.439 e. The van der Waals surface area contributed by atoms with E-state index in [0.717, 1.165) is 0 Å². The standard InChI is InChI=1S/C6H10O5.C5H8O4.2CH4/c1-5(7)10-3-9-4-11-6(2)8;1-4(6)8-3-9-5(2)7;;/h3-4H2,1-2H3;3H2,1-2H3;2*1H4. The van der Waals surface area contributed by atoms with Crippen LogP contribution in [0.4, 0.5) is 0 Å². The Labute approximate surface area is 130 Å². The molecular weight excluding hydrogens is 300 g/mol. The molecule has 0 spiro atoms. The van der Waals surface area contributed by atoms with Gasteiger partial charge in [-0.1, -0.05) is 14.9 Å². The summed E-state index contributed by atoms with van der Waals surface area (Å²) in [6.07, 6.45) is 0. The van der Waals surface area contributed by atoms with Crippen molar-refractivity contribution in [2.45, 2.75) is 42.5 Å². The Morgan fingerprint density at radius 3 is 1.00 bits per heavy atom. The van der Waals surface area contributed by atoms with E-state index in [1.807, 2.05) is 0 Å². The SMILES string of the molecule is C.C.CC(=O)OCOC(C)=O.CC(=O)OCOCOC(C)=O. The molecule has 0 N–H and O–H groups in total. The molecule has 22 heavy (non-hydrogen) atoms. The predicted octanol–water partition coefficient (Wildman–Crippen LogP) is 1.39. The molecule has 0 unspecified atom stereocenters. The van der Waals surface area contributed by atoms with Crippen molar-refractivity contribution in [3.8, 4) is 0 Å². The summed E-state index contributed by atoms with van der Waals surface area (Å²) < 4.78 is 21.9. The number of esters is 4. The van der Waals surface area contributed by atoms with E-state index in [-0.39, 0.29) is 35.2 Å². The maximum atomic E-state index is 10.1. The minimum Gasteiger partial charge on any atom is -0.439 e. The van der Waals surface area contributed by atoms with Gasteiger partial charge in [-0.05, 0) is 0 Å². The molecule has 132 valence electrons. The molecule has 0 bridgehead atoms. The van der Waals surface area contributed by atoms with E-state index in [1.165, 1.54) is 27.7 Å². The van der Waals surface area contributed by atoms with Gasteiger partial charge in [-0.15, -0.1) is 0 Å². The topological polar surface area (TPSA) is 114 Å². The van der Waals surface area contributed by atoms with Crippen LogP contribution in [0, 0.1) is 0 Å². The van der Waals surface area contributed by atoms with E-state index < -0.39 is 23.9 Å². The number of rotatable bonds is 6. The van der Waals surface area contributed by atoms with Crippen LogP contribution in [0.5, 0.6) is 0 Å². The predicted molar refractivity (Wildman–Crippen MR) is 76.2 cm³/mol. The molecule has 0 fully saturated rings. The highest BCUT2D eigenvalue weighted by Crippen LogP contribution is 1.82. The second kappa shape index (κ2) is 18.8. The first-order valence-electron chi connectivity index (χ1n) is 5.37. The van der Waals surface area contributed by atoms with Crippen LogP contribution in [-0.4, -0.2) is 44.3 Å². The lowest BCUT2D eigenvalue weighted by molar-refractivity contribution is -0.173. The van der Waals surface area contributed by atoms with Gasteiger partial charge in [0, 0.05) is 27.7 Å². The number of hydrogen-bond donors (Lipinski definition) is 0. The highest BCUT2D eigenvalue weighted by atomic mass is 16.8. The smallest absolute Gasteiger partial charge is 0.305 e. The summed E-state index contributed by atoms with van der Waals surface area (Å²) in [5, 5.41) is 0.